The van der Waals surface area contributed by atoms with Crippen molar-refractivity contribution >= 4 is 17.7 Å². The van der Waals surface area contributed by atoms with Gasteiger partial charge in [-0.05, 0) is 34.4 Å². The van der Waals surface area contributed by atoms with Crippen molar-refractivity contribution in [3.8, 4) is 28.7 Å². The van der Waals surface area contributed by atoms with Crippen LogP contribution in [0.1, 0.15) is 22.6 Å². The topological polar surface area (TPSA) is 47.6 Å². The third kappa shape index (κ3) is 5.41. The number of benzene rings is 3. The van der Waals surface area contributed by atoms with E-state index >= 15 is 0 Å². The summed E-state index contributed by atoms with van der Waals surface area (Å²) >= 11 is 5.94. The van der Waals surface area contributed by atoms with E-state index in [2.05, 4.69) is 34.0 Å². The van der Waals surface area contributed by atoms with Gasteiger partial charge < -0.3 is 14.8 Å². The standard InChI is InChI=1S/C25H17ClF3NO3/c26-23-14-17(33-25(27,28)29)12-11-16(23)6-5-13-30-24(31)32-15-22-20-9-3-1-7-18(20)19-8-2-4-10-21(19)22/h1-4,7-12,14,22H,13,15H2,(H,30,31). The molecule has 3 aromatic rings. The van der Waals surface area contributed by atoms with Crippen LogP contribution in [0.25, 0.3) is 11.1 Å². The monoisotopic (exact) mass is 471 g/mol. The zero-order valence-corrected chi connectivity index (χ0v) is 17.8. The molecule has 168 valence electrons. The number of hydrogen-bond donors (Lipinski definition) is 1. The quantitative estimate of drug-likeness (QED) is 0.466. The molecule has 1 aliphatic carbocycles. The van der Waals surface area contributed by atoms with Gasteiger partial charge in [-0.25, -0.2) is 4.79 Å². The van der Waals surface area contributed by atoms with Crippen molar-refractivity contribution in [2.24, 2.45) is 0 Å². The second-order valence-electron chi connectivity index (χ2n) is 7.17. The first kappa shape index (κ1) is 22.6. The van der Waals surface area contributed by atoms with Crippen LogP contribution in [0.5, 0.6) is 5.75 Å². The van der Waals surface area contributed by atoms with Crippen molar-refractivity contribution in [3.63, 3.8) is 0 Å². The molecule has 0 unspecified atom stereocenters. The van der Waals surface area contributed by atoms with E-state index in [9.17, 15) is 18.0 Å². The maximum absolute atomic E-state index is 12.3. The molecule has 0 bridgehead atoms. The Morgan fingerprint density at radius 2 is 1.64 bits per heavy atom. The minimum absolute atomic E-state index is 0.00499. The number of carbonyl (C=O) groups excluding carboxylic acids is 1. The summed E-state index contributed by atoms with van der Waals surface area (Å²) in [6.45, 7) is 0.160. The van der Waals surface area contributed by atoms with E-state index in [1.54, 1.807) is 0 Å². The summed E-state index contributed by atoms with van der Waals surface area (Å²) in [6, 6.07) is 19.5. The van der Waals surface area contributed by atoms with Crippen molar-refractivity contribution < 1.29 is 27.4 Å². The van der Waals surface area contributed by atoms with Gasteiger partial charge in [0.2, 0.25) is 0 Å². The van der Waals surface area contributed by atoms with E-state index in [0.29, 0.717) is 5.56 Å². The highest BCUT2D eigenvalue weighted by Gasteiger charge is 2.31. The Balaban J connectivity index is 1.31. The molecule has 0 heterocycles. The second-order valence-corrected chi connectivity index (χ2v) is 7.58. The smallest absolute Gasteiger partial charge is 0.449 e. The molecule has 0 saturated heterocycles. The normalized spacial score (nSPS) is 12.2. The van der Waals surface area contributed by atoms with Crippen LogP contribution in [-0.4, -0.2) is 25.6 Å². The van der Waals surface area contributed by atoms with Gasteiger partial charge in [-0.3, -0.25) is 0 Å². The number of nitrogens with one attached hydrogen (secondary N) is 1. The van der Waals surface area contributed by atoms with Crippen LogP contribution in [0.3, 0.4) is 0 Å². The first-order valence-corrected chi connectivity index (χ1v) is 10.3. The van der Waals surface area contributed by atoms with E-state index in [-0.39, 0.29) is 24.1 Å². The zero-order valence-electron chi connectivity index (χ0n) is 17.1. The fourth-order valence-electron chi connectivity index (χ4n) is 3.70. The lowest BCUT2D eigenvalue weighted by atomic mass is 9.98. The van der Waals surface area contributed by atoms with Gasteiger partial charge in [-0.1, -0.05) is 72.0 Å². The molecule has 0 fully saturated rings. The number of ether oxygens (including phenoxy) is 2. The van der Waals surface area contributed by atoms with Gasteiger partial charge in [-0.15, -0.1) is 13.2 Å². The molecule has 33 heavy (non-hydrogen) atoms. The van der Waals surface area contributed by atoms with Crippen LogP contribution in [-0.2, 0) is 4.74 Å². The molecule has 0 atom stereocenters. The molecule has 0 aliphatic heterocycles. The Morgan fingerprint density at radius 3 is 2.24 bits per heavy atom. The number of hydrogen-bond acceptors (Lipinski definition) is 3. The number of amides is 1. The number of fused-ring (bicyclic) bond motifs is 3. The molecule has 1 amide bonds. The highest BCUT2D eigenvalue weighted by molar-refractivity contribution is 6.31. The molecule has 4 nitrogen and oxygen atoms in total. The molecule has 1 N–H and O–H groups in total. The molecule has 0 aromatic heterocycles. The molecular weight excluding hydrogens is 455 g/mol. The van der Waals surface area contributed by atoms with E-state index in [1.165, 1.54) is 6.07 Å². The third-order valence-corrected chi connectivity index (χ3v) is 5.37. The van der Waals surface area contributed by atoms with Crippen molar-refractivity contribution in [1.29, 1.82) is 0 Å². The average Bonchev–Trinajstić information content (AvgIpc) is 3.09. The van der Waals surface area contributed by atoms with Gasteiger partial charge in [0.25, 0.3) is 0 Å². The molecule has 0 radical (unpaired) electrons. The summed E-state index contributed by atoms with van der Waals surface area (Å²) in [7, 11) is 0. The SMILES string of the molecule is O=C(NCC#Cc1ccc(OC(F)(F)F)cc1Cl)OCC1c2ccccc2-c2ccccc21. The lowest BCUT2D eigenvalue weighted by molar-refractivity contribution is -0.274. The first-order chi connectivity index (χ1) is 15.8. The molecule has 0 saturated carbocycles. The number of carbonyl (C=O) groups is 1. The minimum Gasteiger partial charge on any atom is -0.449 e. The Kier molecular flexibility index (Phi) is 6.47. The Morgan fingerprint density at radius 1 is 1.00 bits per heavy atom. The summed E-state index contributed by atoms with van der Waals surface area (Å²) in [4.78, 5) is 12.1. The summed E-state index contributed by atoms with van der Waals surface area (Å²) in [5.41, 5.74) is 4.80. The van der Waals surface area contributed by atoms with Crippen molar-refractivity contribution in [3.05, 3.63) is 88.4 Å². The molecule has 3 aromatic carbocycles. The van der Waals surface area contributed by atoms with Crippen LogP contribution >= 0.6 is 11.6 Å². The average molecular weight is 472 g/mol. The van der Waals surface area contributed by atoms with Crippen molar-refractivity contribution in [1.82, 2.24) is 5.32 Å². The highest BCUT2D eigenvalue weighted by Crippen LogP contribution is 2.44. The van der Waals surface area contributed by atoms with Crippen LogP contribution in [0.15, 0.2) is 66.7 Å². The number of halogens is 4. The van der Waals surface area contributed by atoms with Gasteiger partial charge in [0, 0.05) is 17.5 Å². The number of alkyl carbamates (subject to hydrolysis) is 1. The molecule has 8 heteroatoms. The predicted molar refractivity (Wildman–Crippen MR) is 118 cm³/mol. The van der Waals surface area contributed by atoms with Crippen LogP contribution in [0, 0.1) is 11.8 Å². The molecule has 4 rings (SSSR count). The van der Waals surface area contributed by atoms with E-state index in [1.807, 2.05) is 36.4 Å². The Bertz CT molecular complexity index is 1200. The van der Waals surface area contributed by atoms with Gasteiger partial charge in [0.1, 0.15) is 12.4 Å². The summed E-state index contributed by atoms with van der Waals surface area (Å²) in [6.07, 6.45) is -5.42. The number of alkyl halides is 3. The Labute approximate surface area is 193 Å². The van der Waals surface area contributed by atoms with Gasteiger partial charge in [0.15, 0.2) is 0 Å². The van der Waals surface area contributed by atoms with E-state index in [4.69, 9.17) is 16.3 Å². The van der Waals surface area contributed by atoms with E-state index < -0.39 is 18.2 Å². The van der Waals surface area contributed by atoms with Gasteiger partial charge >= 0.3 is 12.5 Å². The zero-order chi connectivity index (χ0) is 23.4. The van der Waals surface area contributed by atoms with Crippen LogP contribution in [0.4, 0.5) is 18.0 Å². The third-order valence-electron chi connectivity index (χ3n) is 5.06. The minimum atomic E-state index is -4.80. The van der Waals surface area contributed by atoms with Gasteiger partial charge in [0.05, 0.1) is 11.6 Å². The molecule has 0 spiro atoms. The van der Waals surface area contributed by atoms with Crippen molar-refractivity contribution in [2.75, 3.05) is 13.2 Å². The summed E-state index contributed by atoms with van der Waals surface area (Å²) in [5, 5.41) is 2.54. The largest absolute Gasteiger partial charge is 0.573 e. The fourth-order valence-corrected chi connectivity index (χ4v) is 3.92. The molecular formula is C25H17ClF3NO3. The lowest BCUT2D eigenvalue weighted by Gasteiger charge is -2.14. The number of rotatable bonds is 4. The Hall–Kier alpha value is -3.63. The highest BCUT2D eigenvalue weighted by atomic mass is 35.5. The van der Waals surface area contributed by atoms with E-state index in [0.717, 1.165) is 34.4 Å². The summed E-state index contributed by atoms with van der Waals surface area (Å²) < 4.78 is 46.0. The van der Waals surface area contributed by atoms with Crippen LogP contribution < -0.4 is 10.1 Å². The maximum atomic E-state index is 12.3. The lowest BCUT2D eigenvalue weighted by Crippen LogP contribution is -2.26. The van der Waals surface area contributed by atoms with Crippen molar-refractivity contribution in [2.45, 2.75) is 12.3 Å². The summed E-state index contributed by atoms with van der Waals surface area (Å²) in [5.74, 6) is 4.90. The maximum Gasteiger partial charge on any atom is 0.573 e. The predicted octanol–water partition coefficient (Wildman–Crippen LogP) is 6.13. The second kappa shape index (κ2) is 9.47. The fraction of sp³-hybridized carbons (Fsp3) is 0.160. The van der Waals surface area contributed by atoms with Gasteiger partial charge in [-0.2, -0.15) is 0 Å². The first-order valence-electron chi connectivity index (χ1n) is 9.95. The van der Waals surface area contributed by atoms with Crippen LogP contribution in [0.2, 0.25) is 5.02 Å². The molecule has 1 aliphatic rings.